The van der Waals surface area contributed by atoms with Crippen LogP contribution in [-0.4, -0.2) is 43.7 Å². The maximum Gasteiger partial charge on any atom is 0.222 e. The summed E-state index contributed by atoms with van der Waals surface area (Å²) in [7, 11) is 1.67. The molecule has 0 aliphatic rings. The molecule has 18 heavy (non-hydrogen) atoms. The van der Waals surface area contributed by atoms with Crippen LogP contribution < -0.4 is 5.73 Å². The largest absolute Gasteiger partial charge is 0.383 e. The van der Waals surface area contributed by atoms with Gasteiger partial charge < -0.3 is 15.4 Å². The van der Waals surface area contributed by atoms with E-state index in [1.54, 1.807) is 7.11 Å². The SMILES string of the molecule is CCC(CC)N(CCOC)C(=O)CCC(C)CN. The predicted molar refractivity (Wildman–Crippen MR) is 75.4 cm³/mol. The van der Waals surface area contributed by atoms with Gasteiger partial charge in [-0.05, 0) is 31.7 Å². The van der Waals surface area contributed by atoms with Crippen molar-refractivity contribution in [3.8, 4) is 0 Å². The standard InChI is InChI=1S/C14H30N2O2/c1-5-13(6-2)16(9-10-18-4)14(17)8-7-12(3)11-15/h12-13H,5-11,15H2,1-4H3. The van der Waals surface area contributed by atoms with E-state index >= 15 is 0 Å². The molecule has 0 spiro atoms. The Kier molecular flexibility index (Phi) is 9.98. The molecular formula is C14H30N2O2. The number of carbonyl (C=O) groups excluding carboxylic acids is 1. The fourth-order valence-electron chi connectivity index (χ4n) is 2.06. The molecule has 0 radical (unpaired) electrons. The van der Waals surface area contributed by atoms with Gasteiger partial charge in [-0.15, -0.1) is 0 Å². The van der Waals surface area contributed by atoms with Crippen LogP contribution in [-0.2, 0) is 9.53 Å². The molecule has 0 aromatic rings. The van der Waals surface area contributed by atoms with Gasteiger partial charge in [0.1, 0.15) is 0 Å². The van der Waals surface area contributed by atoms with Gasteiger partial charge in [-0.3, -0.25) is 4.79 Å². The van der Waals surface area contributed by atoms with Crippen molar-refractivity contribution in [2.45, 2.75) is 52.5 Å². The molecule has 0 saturated carbocycles. The highest BCUT2D eigenvalue weighted by Crippen LogP contribution is 2.13. The van der Waals surface area contributed by atoms with Gasteiger partial charge in [0.25, 0.3) is 0 Å². The zero-order valence-electron chi connectivity index (χ0n) is 12.4. The molecule has 0 aromatic heterocycles. The molecule has 1 amide bonds. The Balaban J connectivity index is 4.38. The molecule has 0 bridgehead atoms. The average molecular weight is 258 g/mol. The van der Waals surface area contributed by atoms with Crippen LogP contribution in [0.3, 0.4) is 0 Å². The number of ether oxygens (including phenoxy) is 1. The van der Waals surface area contributed by atoms with Crippen molar-refractivity contribution < 1.29 is 9.53 Å². The number of nitrogens with two attached hydrogens (primary N) is 1. The van der Waals surface area contributed by atoms with Crippen molar-refractivity contribution in [3.05, 3.63) is 0 Å². The van der Waals surface area contributed by atoms with Gasteiger partial charge in [0.2, 0.25) is 5.91 Å². The summed E-state index contributed by atoms with van der Waals surface area (Å²) in [4.78, 5) is 14.2. The van der Waals surface area contributed by atoms with Gasteiger partial charge in [-0.2, -0.15) is 0 Å². The van der Waals surface area contributed by atoms with E-state index in [0.29, 0.717) is 38.1 Å². The molecule has 0 rings (SSSR count). The van der Waals surface area contributed by atoms with Crippen molar-refractivity contribution in [3.63, 3.8) is 0 Å². The molecule has 2 N–H and O–H groups in total. The maximum atomic E-state index is 12.3. The van der Waals surface area contributed by atoms with Crippen LogP contribution in [0.1, 0.15) is 46.5 Å². The first-order chi connectivity index (χ1) is 8.60. The molecule has 0 aliphatic heterocycles. The molecule has 0 fully saturated rings. The number of hydrogen-bond acceptors (Lipinski definition) is 3. The molecule has 4 nitrogen and oxygen atoms in total. The van der Waals surface area contributed by atoms with E-state index in [1.807, 2.05) is 4.90 Å². The lowest BCUT2D eigenvalue weighted by atomic mass is 10.0. The summed E-state index contributed by atoms with van der Waals surface area (Å²) in [6.07, 6.45) is 3.47. The lowest BCUT2D eigenvalue weighted by Crippen LogP contribution is -2.41. The highest BCUT2D eigenvalue weighted by Gasteiger charge is 2.20. The van der Waals surface area contributed by atoms with Crippen molar-refractivity contribution in [2.75, 3.05) is 26.8 Å². The first kappa shape index (κ1) is 17.4. The minimum absolute atomic E-state index is 0.237. The Morgan fingerprint density at radius 2 is 1.94 bits per heavy atom. The van der Waals surface area contributed by atoms with Gasteiger partial charge in [0.15, 0.2) is 0 Å². The number of carbonyl (C=O) groups is 1. The van der Waals surface area contributed by atoms with Gasteiger partial charge in [0, 0.05) is 26.1 Å². The van der Waals surface area contributed by atoms with Gasteiger partial charge in [-0.1, -0.05) is 20.8 Å². The minimum Gasteiger partial charge on any atom is -0.383 e. The third-order valence-corrected chi connectivity index (χ3v) is 3.49. The van der Waals surface area contributed by atoms with E-state index in [2.05, 4.69) is 20.8 Å². The number of hydrogen-bond donors (Lipinski definition) is 1. The Labute approximate surface area is 112 Å². The van der Waals surface area contributed by atoms with E-state index in [1.165, 1.54) is 0 Å². The Morgan fingerprint density at radius 3 is 2.39 bits per heavy atom. The quantitative estimate of drug-likeness (QED) is 0.652. The number of methoxy groups -OCH3 is 1. The van der Waals surface area contributed by atoms with Crippen molar-refractivity contribution in [2.24, 2.45) is 11.7 Å². The Morgan fingerprint density at radius 1 is 1.33 bits per heavy atom. The molecule has 4 heteroatoms. The predicted octanol–water partition coefficient (Wildman–Crippen LogP) is 2.02. The molecule has 0 aromatic carbocycles. The molecule has 1 unspecified atom stereocenters. The molecule has 0 heterocycles. The summed E-state index contributed by atoms with van der Waals surface area (Å²) < 4.78 is 5.09. The summed E-state index contributed by atoms with van der Waals surface area (Å²) in [5.74, 6) is 0.654. The second-order valence-corrected chi connectivity index (χ2v) is 4.93. The third-order valence-electron chi connectivity index (χ3n) is 3.49. The van der Waals surface area contributed by atoms with Crippen LogP contribution in [0.2, 0.25) is 0 Å². The normalized spacial score (nSPS) is 12.8. The zero-order valence-corrected chi connectivity index (χ0v) is 12.4. The van der Waals surface area contributed by atoms with Crippen LogP contribution in [0.25, 0.3) is 0 Å². The summed E-state index contributed by atoms with van der Waals surface area (Å²) in [5, 5.41) is 0. The monoisotopic (exact) mass is 258 g/mol. The minimum atomic E-state index is 0.237. The second kappa shape index (κ2) is 10.3. The molecule has 1 atom stereocenters. The zero-order chi connectivity index (χ0) is 14.0. The van der Waals surface area contributed by atoms with Crippen molar-refractivity contribution in [1.29, 1.82) is 0 Å². The highest BCUT2D eigenvalue weighted by atomic mass is 16.5. The van der Waals surface area contributed by atoms with Crippen molar-refractivity contribution in [1.82, 2.24) is 4.90 Å². The van der Waals surface area contributed by atoms with E-state index in [-0.39, 0.29) is 5.91 Å². The number of amides is 1. The summed E-state index contributed by atoms with van der Waals surface area (Å²) >= 11 is 0. The molecule has 0 saturated heterocycles. The first-order valence-corrected chi connectivity index (χ1v) is 7.09. The van der Waals surface area contributed by atoms with Crippen LogP contribution in [0.4, 0.5) is 0 Å². The number of rotatable bonds is 10. The smallest absolute Gasteiger partial charge is 0.222 e. The van der Waals surface area contributed by atoms with Gasteiger partial charge in [0.05, 0.1) is 6.61 Å². The lowest BCUT2D eigenvalue weighted by molar-refractivity contribution is -0.134. The fraction of sp³-hybridized carbons (Fsp3) is 0.929. The second-order valence-electron chi connectivity index (χ2n) is 4.93. The molecule has 0 aliphatic carbocycles. The van der Waals surface area contributed by atoms with Crippen molar-refractivity contribution >= 4 is 5.91 Å². The first-order valence-electron chi connectivity index (χ1n) is 7.09. The molecule has 108 valence electrons. The van der Waals surface area contributed by atoms with Crippen LogP contribution >= 0.6 is 0 Å². The van der Waals surface area contributed by atoms with Crippen LogP contribution in [0, 0.1) is 5.92 Å². The van der Waals surface area contributed by atoms with E-state index in [9.17, 15) is 4.79 Å². The highest BCUT2D eigenvalue weighted by molar-refractivity contribution is 5.76. The van der Waals surface area contributed by atoms with E-state index in [4.69, 9.17) is 10.5 Å². The van der Waals surface area contributed by atoms with Gasteiger partial charge >= 0.3 is 0 Å². The van der Waals surface area contributed by atoms with Gasteiger partial charge in [-0.25, -0.2) is 0 Å². The van der Waals surface area contributed by atoms with Crippen LogP contribution in [0.15, 0.2) is 0 Å². The number of nitrogens with zero attached hydrogens (tertiary/aromatic N) is 1. The third kappa shape index (κ3) is 6.36. The van der Waals surface area contributed by atoms with E-state index < -0.39 is 0 Å². The summed E-state index contributed by atoms with van der Waals surface area (Å²) in [6, 6.07) is 0.334. The summed E-state index contributed by atoms with van der Waals surface area (Å²) in [5.41, 5.74) is 5.58. The lowest BCUT2D eigenvalue weighted by Gasteiger charge is -2.30. The van der Waals surface area contributed by atoms with Crippen LogP contribution in [0.5, 0.6) is 0 Å². The molecular weight excluding hydrogens is 228 g/mol. The fourth-order valence-corrected chi connectivity index (χ4v) is 2.06. The topological polar surface area (TPSA) is 55.6 Å². The van der Waals surface area contributed by atoms with E-state index in [0.717, 1.165) is 19.3 Å². The summed E-state index contributed by atoms with van der Waals surface area (Å²) in [6.45, 7) is 8.29. The average Bonchev–Trinajstić information content (AvgIpc) is 2.40. The maximum absolute atomic E-state index is 12.3. The Bertz CT molecular complexity index is 218. The Hall–Kier alpha value is -0.610.